The van der Waals surface area contributed by atoms with E-state index in [1.165, 1.54) is 0 Å². The van der Waals surface area contributed by atoms with Crippen LogP contribution in [-0.4, -0.2) is 15.0 Å². The fraction of sp³-hybridized carbons (Fsp3) is 0.111. The first-order valence-corrected chi connectivity index (χ1v) is 4.46. The van der Waals surface area contributed by atoms with E-state index in [1.54, 1.807) is 11.0 Å². The zero-order valence-corrected chi connectivity index (χ0v) is 7.65. The van der Waals surface area contributed by atoms with Gasteiger partial charge in [-0.2, -0.15) is 15.0 Å². The molecule has 1 aromatic heterocycles. The molecule has 13 heavy (non-hydrogen) atoms. The van der Waals surface area contributed by atoms with E-state index in [4.69, 9.17) is 11.6 Å². The zero-order valence-electron chi connectivity index (χ0n) is 6.89. The van der Waals surface area contributed by atoms with Crippen LogP contribution in [0.5, 0.6) is 0 Å². The van der Waals surface area contributed by atoms with Crippen molar-refractivity contribution in [3.05, 3.63) is 42.2 Å². The molecule has 0 unspecified atom stereocenters. The molecule has 1 aromatic carbocycles. The van der Waals surface area contributed by atoms with Gasteiger partial charge in [0, 0.05) is 0 Å². The maximum atomic E-state index is 5.61. The lowest BCUT2D eigenvalue weighted by Crippen LogP contribution is -1.98. The summed E-state index contributed by atoms with van der Waals surface area (Å²) in [5, 5.41) is 8.25. The van der Waals surface area contributed by atoms with Crippen LogP contribution in [0.3, 0.4) is 0 Å². The standard InChI is InChI=1S/C9H8ClN3/c10-6-8-7-11-13(12-8)9-4-2-1-3-5-9/h1-5,7H,6H2. The Bertz CT molecular complexity index is 383. The fourth-order valence-electron chi connectivity index (χ4n) is 1.04. The summed E-state index contributed by atoms with van der Waals surface area (Å²) in [5.41, 5.74) is 1.73. The summed E-state index contributed by atoms with van der Waals surface area (Å²) >= 11 is 5.61. The van der Waals surface area contributed by atoms with Crippen LogP contribution < -0.4 is 0 Å². The molecule has 66 valence electrons. The van der Waals surface area contributed by atoms with Gasteiger partial charge in [0.05, 0.1) is 23.5 Å². The van der Waals surface area contributed by atoms with Crippen LogP contribution >= 0.6 is 11.6 Å². The monoisotopic (exact) mass is 193 g/mol. The largest absolute Gasteiger partial charge is 0.157 e. The molecule has 2 rings (SSSR count). The molecule has 0 amide bonds. The number of hydrogen-bond acceptors (Lipinski definition) is 2. The molecule has 0 spiro atoms. The molecule has 2 aromatic rings. The highest BCUT2D eigenvalue weighted by molar-refractivity contribution is 6.16. The minimum Gasteiger partial charge on any atom is -0.157 e. The second-order valence-corrected chi connectivity index (χ2v) is 2.86. The van der Waals surface area contributed by atoms with E-state index in [9.17, 15) is 0 Å². The van der Waals surface area contributed by atoms with Crippen molar-refractivity contribution in [2.75, 3.05) is 0 Å². The summed E-state index contributed by atoms with van der Waals surface area (Å²) in [6.07, 6.45) is 1.67. The van der Waals surface area contributed by atoms with Crippen LogP contribution in [0.15, 0.2) is 36.5 Å². The van der Waals surface area contributed by atoms with Crippen molar-refractivity contribution < 1.29 is 0 Å². The maximum Gasteiger partial charge on any atom is 0.0979 e. The van der Waals surface area contributed by atoms with Crippen LogP contribution in [-0.2, 0) is 5.88 Å². The van der Waals surface area contributed by atoms with Crippen molar-refractivity contribution in [2.24, 2.45) is 0 Å². The van der Waals surface area contributed by atoms with Crippen molar-refractivity contribution in [1.82, 2.24) is 15.0 Å². The molecule has 0 aliphatic rings. The number of para-hydroxylation sites is 1. The van der Waals surface area contributed by atoms with Crippen molar-refractivity contribution >= 4 is 11.6 Å². The van der Waals surface area contributed by atoms with E-state index < -0.39 is 0 Å². The first-order valence-electron chi connectivity index (χ1n) is 3.93. The lowest BCUT2D eigenvalue weighted by Gasteiger charge is -1.96. The molecule has 4 heteroatoms. The summed E-state index contributed by atoms with van der Waals surface area (Å²) < 4.78 is 0. The lowest BCUT2D eigenvalue weighted by molar-refractivity contribution is 0.744. The Hall–Kier alpha value is -1.35. The Labute approximate surface area is 81.0 Å². The normalized spacial score (nSPS) is 10.2. The highest BCUT2D eigenvalue weighted by atomic mass is 35.5. The molecule has 0 aliphatic carbocycles. The van der Waals surface area contributed by atoms with Gasteiger partial charge in [0.2, 0.25) is 0 Å². The Balaban J connectivity index is 2.36. The van der Waals surface area contributed by atoms with Crippen molar-refractivity contribution in [3.63, 3.8) is 0 Å². The minimum absolute atomic E-state index is 0.396. The Morgan fingerprint density at radius 2 is 2.00 bits per heavy atom. The average Bonchev–Trinajstić information content (AvgIpc) is 2.67. The Kier molecular flexibility index (Phi) is 2.27. The van der Waals surface area contributed by atoms with Crippen molar-refractivity contribution in [2.45, 2.75) is 5.88 Å². The molecule has 0 N–H and O–H groups in total. The van der Waals surface area contributed by atoms with Crippen molar-refractivity contribution in [1.29, 1.82) is 0 Å². The smallest absolute Gasteiger partial charge is 0.0979 e. The lowest BCUT2D eigenvalue weighted by atomic mass is 10.3. The molecule has 0 saturated carbocycles. The van der Waals surface area contributed by atoms with Gasteiger partial charge in [-0.1, -0.05) is 18.2 Å². The molecule has 0 atom stereocenters. The van der Waals surface area contributed by atoms with Gasteiger partial charge >= 0.3 is 0 Å². The third-order valence-corrected chi connectivity index (χ3v) is 1.94. The van der Waals surface area contributed by atoms with Gasteiger partial charge in [0.25, 0.3) is 0 Å². The predicted octanol–water partition coefficient (Wildman–Crippen LogP) is 2.01. The van der Waals surface area contributed by atoms with Gasteiger partial charge in [0.15, 0.2) is 0 Å². The van der Waals surface area contributed by atoms with Crippen LogP contribution in [0, 0.1) is 0 Å². The second-order valence-electron chi connectivity index (χ2n) is 2.59. The van der Waals surface area contributed by atoms with Gasteiger partial charge in [-0.3, -0.25) is 0 Å². The maximum absolute atomic E-state index is 5.61. The second kappa shape index (κ2) is 3.58. The summed E-state index contributed by atoms with van der Waals surface area (Å²) in [6.45, 7) is 0. The third-order valence-electron chi connectivity index (χ3n) is 1.66. The number of hydrogen-bond donors (Lipinski definition) is 0. The number of alkyl halides is 1. The van der Waals surface area contributed by atoms with E-state index in [0.29, 0.717) is 5.88 Å². The molecular formula is C9H8ClN3. The molecule has 0 aliphatic heterocycles. The van der Waals surface area contributed by atoms with Crippen LogP contribution in [0.1, 0.15) is 5.69 Å². The van der Waals surface area contributed by atoms with E-state index in [-0.39, 0.29) is 0 Å². The SMILES string of the molecule is ClCc1cnn(-c2ccccc2)n1. The molecule has 0 fully saturated rings. The molecule has 1 heterocycles. The van der Waals surface area contributed by atoms with Crippen LogP contribution in [0.25, 0.3) is 5.69 Å². The topological polar surface area (TPSA) is 30.7 Å². The van der Waals surface area contributed by atoms with Gasteiger partial charge in [-0.05, 0) is 12.1 Å². The van der Waals surface area contributed by atoms with Gasteiger partial charge in [0.1, 0.15) is 0 Å². The molecule has 0 bridgehead atoms. The molecular weight excluding hydrogens is 186 g/mol. The minimum atomic E-state index is 0.396. The number of rotatable bonds is 2. The number of nitrogens with zero attached hydrogens (tertiary/aromatic N) is 3. The van der Waals surface area contributed by atoms with E-state index >= 15 is 0 Å². The van der Waals surface area contributed by atoms with Gasteiger partial charge < -0.3 is 0 Å². The van der Waals surface area contributed by atoms with Gasteiger partial charge in [-0.25, -0.2) is 0 Å². The third kappa shape index (κ3) is 1.70. The first kappa shape index (κ1) is 8.26. The first-order chi connectivity index (χ1) is 6.40. The van der Waals surface area contributed by atoms with E-state index in [0.717, 1.165) is 11.4 Å². The van der Waals surface area contributed by atoms with Crippen LogP contribution in [0.4, 0.5) is 0 Å². The number of benzene rings is 1. The summed E-state index contributed by atoms with van der Waals surface area (Å²) in [4.78, 5) is 1.57. The van der Waals surface area contributed by atoms with Crippen molar-refractivity contribution in [3.8, 4) is 5.69 Å². The Morgan fingerprint density at radius 3 is 2.62 bits per heavy atom. The fourth-order valence-corrected chi connectivity index (χ4v) is 1.16. The number of halogens is 1. The van der Waals surface area contributed by atoms with E-state index in [1.807, 2.05) is 30.3 Å². The zero-order chi connectivity index (χ0) is 9.10. The molecule has 0 radical (unpaired) electrons. The summed E-state index contributed by atoms with van der Waals surface area (Å²) in [6, 6.07) is 9.73. The average molecular weight is 194 g/mol. The predicted molar refractivity (Wildman–Crippen MR) is 50.9 cm³/mol. The molecule has 0 saturated heterocycles. The van der Waals surface area contributed by atoms with Gasteiger partial charge in [-0.15, -0.1) is 11.6 Å². The number of aromatic nitrogens is 3. The summed E-state index contributed by atoms with van der Waals surface area (Å²) in [5.74, 6) is 0.396. The highest BCUT2D eigenvalue weighted by Crippen LogP contribution is 2.04. The highest BCUT2D eigenvalue weighted by Gasteiger charge is 1.99. The molecule has 3 nitrogen and oxygen atoms in total. The summed E-state index contributed by atoms with van der Waals surface area (Å²) in [7, 11) is 0. The quantitative estimate of drug-likeness (QED) is 0.684. The van der Waals surface area contributed by atoms with Crippen LogP contribution in [0.2, 0.25) is 0 Å². The Morgan fingerprint density at radius 1 is 1.23 bits per heavy atom. The van der Waals surface area contributed by atoms with E-state index in [2.05, 4.69) is 10.2 Å².